The van der Waals surface area contributed by atoms with Gasteiger partial charge in [-0.1, -0.05) is 52.0 Å². The van der Waals surface area contributed by atoms with Crippen LogP contribution < -0.4 is 0 Å². The van der Waals surface area contributed by atoms with Crippen molar-refractivity contribution in [2.45, 2.75) is 22.4 Å². The first-order chi connectivity index (χ1) is 14.5. The molecular weight excluding hydrogens is 473 g/mol. The number of nitrogens with zero attached hydrogens (tertiary/aromatic N) is 2. The highest BCUT2D eigenvalue weighted by atomic mass is 79.9. The quantitative estimate of drug-likeness (QED) is 0.399. The first kappa shape index (κ1) is 21.9. The van der Waals surface area contributed by atoms with Gasteiger partial charge >= 0.3 is 6.18 Å². The summed E-state index contributed by atoms with van der Waals surface area (Å²) < 4.78 is 40.0. The van der Waals surface area contributed by atoms with Crippen molar-refractivity contribution in [1.29, 1.82) is 0 Å². The van der Waals surface area contributed by atoms with E-state index in [1.165, 1.54) is 12.1 Å². The first-order valence-electron chi connectivity index (χ1n) is 10.2. The lowest BCUT2D eigenvalue weighted by Gasteiger charge is -2.34. The molecule has 2 nitrogen and oxygen atoms in total. The Kier molecular flexibility index (Phi) is 6.92. The average molecular weight is 497 g/mol. The molecule has 2 aromatic rings. The molecule has 0 aromatic heterocycles. The minimum atomic E-state index is -4.34. The van der Waals surface area contributed by atoms with Crippen molar-refractivity contribution in [2.75, 3.05) is 44.6 Å². The molecule has 0 radical (unpaired) electrons. The topological polar surface area (TPSA) is 6.48 Å². The molecule has 1 fully saturated rings. The van der Waals surface area contributed by atoms with E-state index in [2.05, 4.69) is 31.8 Å². The number of hydrogen-bond donors (Lipinski definition) is 0. The van der Waals surface area contributed by atoms with Crippen LogP contribution in [0.25, 0.3) is 5.57 Å². The second-order valence-electron chi connectivity index (χ2n) is 7.59. The second-order valence-corrected chi connectivity index (χ2v) is 9.46. The van der Waals surface area contributed by atoms with Gasteiger partial charge in [-0.3, -0.25) is 4.90 Å². The number of benzene rings is 2. The van der Waals surface area contributed by atoms with E-state index in [0.29, 0.717) is 5.56 Å². The Labute approximate surface area is 188 Å². The summed E-state index contributed by atoms with van der Waals surface area (Å²) in [6.45, 7) is 6.22. The van der Waals surface area contributed by atoms with Gasteiger partial charge in [-0.25, -0.2) is 0 Å². The molecule has 0 spiro atoms. The zero-order chi connectivity index (χ0) is 21.1. The molecule has 0 amide bonds. The Hall–Kier alpha value is -1.28. The lowest BCUT2D eigenvalue weighted by atomic mass is 9.94. The van der Waals surface area contributed by atoms with Crippen LogP contribution in [0.5, 0.6) is 0 Å². The predicted octanol–water partition coefficient (Wildman–Crippen LogP) is 6.00. The summed E-state index contributed by atoms with van der Waals surface area (Å²) in [4.78, 5) is 6.88. The van der Waals surface area contributed by atoms with Gasteiger partial charge in [0.15, 0.2) is 0 Å². The molecule has 4 rings (SSSR count). The zero-order valence-corrected chi connectivity index (χ0v) is 19.0. The van der Waals surface area contributed by atoms with Gasteiger partial charge in [0.2, 0.25) is 0 Å². The van der Waals surface area contributed by atoms with E-state index in [0.717, 1.165) is 71.9 Å². The Morgan fingerprint density at radius 1 is 0.900 bits per heavy atom. The molecule has 2 aliphatic heterocycles. The van der Waals surface area contributed by atoms with Gasteiger partial charge in [0.05, 0.1) is 5.56 Å². The van der Waals surface area contributed by atoms with E-state index >= 15 is 0 Å². The molecule has 160 valence electrons. The normalized spacial score (nSPS) is 19.0. The molecule has 1 saturated heterocycles. The Bertz CT molecular complexity index is 921. The van der Waals surface area contributed by atoms with Crippen molar-refractivity contribution in [2.24, 2.45) is 0 Å². The van der Waals surface area contributed by atoms with E-state index < -0.39 is 11.7 Å². The van der Waals surface area contributed by atoms with Crippen molar-refractivity contribution in [3.63, 3.8) is 0 Å². The summed E-state index contributed by atoms with van der Waals surface area (Å²) in [7, 11) is 0. The van der Waals surface area contributed by atoms with Crippen LogP contribution in [-0.2, 0) is 6.18 Å². The minimum absolute atomic E-state index is 0.588. The van der Waals surface area contributed by atoms with Crippen molar-refractivity contribution in [3.8, 4) is 0 Å². The smallest absolute Gasteiger partial charge is 0.300 e. The van der Waals surface area contributed by atoms with Gasteiger partial charge < -0.3 is 4.90 Å². The highest BCUT2D eigenvalue weighted by molar-refractivity contribution is 9.09. The van der Waals surface area contributed by atoms with Gasteiger partial charge in [-0.15, -0.1) is 0 Å². The van der Waals surface area contributed by atoms with Crippen molar-refractivity contribution < 1.29 is 13.2 Å². The third-order valence-corrected chi connectivity index (χ3v) is 7.16. The largest absolute Gasteiger partial charge is 0.416 e. The number of piperazine rings is 1. The molecule has 0 atom stereocenters. The molecule has 0 aliphatic carbocycles. The van der Waals surface area contributed by atoms with E-state index in [4.69, 9.17) is 0 Å². The van der Waals surface area contributed by atoms with Gasteiger partial charge in [-0.2, -0.15) is 13.2 Å². The van der Waals surface area contributed by atoms with Crippen LogP contribution >= 0.6 is 27.7 Å². The van der Waals surface area contributed by atoms with Gasteiger partial charge in [0.25, 0.3) is 0 Å². The third-order valence-electron chi connectivity index (χ3n) is 5.65. The summed E-state index contributed by atoms with van der Waals surface area (Å²) in [6.07, 6.45) is -1.39. The molecule has 2 aliphatic rings. The third kappa shape index (κ3) is 4.96. The van der Waals surface area contributed by atoms with E-state index in [9.17, 15) is 13.2 Å². The van der Waals surface area contributed by atoms with Crippen LogP contribution in [-0.4, -0.2) is 54.4 Å². The molecule has 7 heteroatoms. The fourth-order valence-corrected chi connectivity index (χ4v) is 5.60. The van der Waals surface area contributed by atoms with Gasteiger partial charge in [0.1, 0.15) is 0 Å². The summed E-state index contributed by atoms with van der Waals surface area (Å²) in [6, 6.07) is 12.1. The highest BCUT2D eigenvalue weighted by Gasteiger charge is 2.32. The minimum Gasteiger partial charge on any atom is -0.300 e. The predicted molar refractivity (Wildman–Crippen MR) is 120 cm³/mol. The number of alkyl halides is 4. The summed E-state index contributed by atoms with van der Waals surface area (Å²) in [5.41, 5.74) is 2.05. The first-order valence-corrected chi connectivity index (χ1v) is 12.1. The second kappa shape index (κ2) is 9.47. The average Bonchev–Trinajstić information content (AvgIpc) is 2.73. The molecule has 30 heavy (non-hydrogen) atoms. The van der Waals surface area contributed by atoms with Crippen LogP contribution in [0, 0.1) is 0 Å². The molecule has 2 heterocycles. The lowest BCUT2D eigenvalue weighted by molar-refractivity contribution is -0.137. The fraction of sp³-hybridized carbons (Fsp3) is 0.391. The van der Waals surface area contributed by atoms with E-state index in [-0.39, 0.29) is 0 Å². The maximum atomic E-state index is 13.3. The zero-order valence-electron chi connectivity index (χ0n) is 16.6. The summed E-state index contributed by atoms with van der Waals surface area (Å²) in [5, 5.41) is 0.996. The number of fused-ring (bicyclic) bond motifs is 2. The van der Waals surface area contributed by atoms with Crippen LogP contribution in [0.1, 0.15) is 23.1 Å². The highest BCUT2D eigenvalue weighted by Crippen LogP contribution is 2.47. The molecule has 0 N–H and O–H groups in total. The van der Waals surface area contributed by atoms with Crippen LogP contribution in [0.2, 0.25) is 0 Å². The molecular formula is C23H24BrF3N2S. The Morgan fingerprint density at radius 2 is 1.57 bits per heavy atom. The standard InChI is InChI=1S/C23H24BrF3N2S/c24-9-11-29-14-12-28(13-15-29)10-3-5-18-19-4-1-2-6-21(19)30-22-8-7-17(16-20(18)22)23(25,26)27/h1-2,4-8,16H,3,9-15H2. The number of hydrogen-bond acceptors (Lipinski definition) is 3. The molecule has 0 bridgehead atoms. The Morgan fingerprint density at radius 3 is 2.27 bits per heavy atom. The summed E-state index contributed by atoms with van der Waals surface area (Å²) >= 11 is 5.04. The SMILES string of the molecule is FC(F)(F)c1ccc2c(c1)C(=CCCN1CCN(CCBr)CC1)c1ccccc1S2. The van der Waals surface area contributed by atoms with E-state index in [1.807, 2.05) is 24.3 Å². The number of rotatable bonds is 5. The van der Waals surface area contributed by atoms with Crippen LogP contribution in [0.4, 0.5) is 13.2 Å². The molecule has 2 aromatic carbocycles. The summed E-state index contributed by atoms with van der Waals surface area (Å²) in [5.74, 6) is 0. The maximum absolute atomic E-state index is 13.3. The fourth-order valence-electron chi connectivity index (χ4n) is 4.01. The van der Waals surface area contributed by atoms with Gasteiger partial charge in [-0.05, 0) is 47.4 Å². The maximum Gasteiger partial charge on any atom is 0.416 e. The molecule has 0 unspecified atom stereocenters. The van der Waals surface area contributed by atoms with Crippen LogP contribution in [0.15, 0.2) is 58.3 Å². The Balaban J connectivity index is 1.55. The monoisotopic (exact) mass is 496 g/mol. The van der Waals surface area contributed by atoms with E-state index in [1.54, 1.807) is 17.8 Å². The number of halogens is 4. The van der Waals surface area contributed by atoms with Crippen LogP contribution in [0.3, 0.4) is 0 Å². The lowest BCUT2D eigenvalue weighted by Crippen LogP contribution is -2.46. The van der Waals surface area contributed by atoms with Crippen molar-refractivity contribution in [1.82, 2.24) is 9.80 Å². The molecule has 0 saturated carbocycles. The van der Waals surface area contributed by atoms with Gasteiger partial charge in [0, 0.05) is 54.4 Å². The van der Waals surface area contributed by atoms with Crippen molar-refractivity contribution >= 4 is 33.3 Å². The van der Waals surface area contributed by atoms with Crippen molar-refractivity contribution in [3.05, 3.63) is 65.2 Å².